The van der Waals surface area contributed by atoms with Crippen molar-refractivity contribution in [3.8, 4) is 22.4 Å². The minimum absolute atomic E-state index is 0.330. The molecule has 0 unspecified atom stereocenters. The highest BCUT2D eigenvalue weighted by molar-refractivity contribution is 7.14. The van der Waals surface area contributed by atoms with Crippen LogP contribution in [0.2, 0.25) is 0 Å². The van der Waals surface area contributed by atoms with Gasteiger partial charge in [-0.05, 0) is 54.4 Å². The van der Waals surface area contributed by atoms with Crippen LogP contribution < -0.4 is 5.32 Å². The van der Waals surface area contributed by atoms with Crippen LogP contribution in [0.5, 0.6) is 0 Å². The topological polar surface area (TPSA) is 68.3 Å². The SMILES string of the molecule is Cc1ccc(-c2ccc(C(=O)OCC(=O)Nc3nc(-c4ccc(F)cc4)cs3)cc2)cc1. The normalized spacial score (nSPS) is 10.6. The Morgan fingerprint density at radius 3 is 2.16 bits per heavy atom. The molecule has 7 heteroatoms. The molecule has 0 aliphatic rings. The Kier molecular flexibility index (Phi) is 6.37. The minimum atomic E-state index is -0.582. The van der Waals surface area contributed by atoms with Gasteiger partial charge in [-0.25, -0.2) is 14.2 Å². The number of thiazole rings is 1. The molecule has 0 aliphatic carbocycles. The summed E-state index contributed by atoms with van der Waals surface area (Å²) in [6.07, 6.45) is 0. The number of hydrogen-bond donors (Lipinski definition) is 1. The number of nitrogens with zero attached hydrogens (tertiary/aromatic N) is 1. The number of esters is 1. The van der Waals surface area contributed by atoms with Crippen LogP contribution in [0.15, 0.2) is 78.2 Å². The number of ether oxygens (including phenoxy) is 1. The van der Waals surface area contributed by atoms with Crippen molar-refractivity contribution in [1.82, 2.24) is 4.98 Å². The molecule has 1 aromatic heterocycles. The van der Waals surface area contributed by atoms with E-state index in [1.165, 1.54) is 29.0 Å². The second kappa shape index (κ2) is 9.53. The summed E-state index contributed by atoms with van der Waals surface area (Å²) in [5, 5.41) is 4.73. The first-order valence-corrected chi connectivity index (χ1v) is 10.7. The van der Waals surface area contributed by atoms with Crippen molar-refractivity contribution >= 4 is 28.3 Å². The lowest BCUT2D eigenvalue weighted by Crippen LogP contribution is -2.20. The third kappa shape index (κ3) is 5.25. The number of halogens is 1. The number of aryl methyl sites for hydroxylation is 1. The van der Waals surface area contributed by atoms with Crippen molar-refractivity contribution in [3.63, 3.8) is 0 Å². The zero-order valence-electron chi connectivity index (χ0n) is 17.2. The predicted octanol–water partition coefficient (Wildman–Crippen LogP) is 5.72. The van der Waals surface area contributed by atoms with Crippen molar-refractivity contribution < 1.29 is 18.7 Å². The molecule has 0 saturated heterocycles. The molecule has 5 nitrogen and oxygen atoms in total. The molecule has 32 heavy (non-hydrogen) atoms. The Balaban J connectivity index is 1.30. The quantitative estimate of drug-likeness (QED) is 0.385. The van der Waals surface area contributed by atoms with Crippen LogP contribution in [-0.2, 0) is 9.53 Å². The highest BCUT2D eigenvalue weighted by Crippen LogP contribution is 2.25. The van der Waals surface area contributed by atoms with E-state index >= 15 is 0 Å². The average Bonchev–Trinajstić information content (AvgIpc) is 3.27. The van der Waals surface area contributed by atoms with Crippen LogP contribution >= 0.6 is 11.3 Å². The van der Waals surface area contributed by atoms with Crippen LogP contribution in [0.1, 0.15) is 15.9 Å². The fraction of sp³-hybridized carbons (Fsp3) is 0.0800. The summed E-state index contributed by atoms with van der Waals surface area (Å²) in [7, 11) is 0. The van der Waals surface area contributed by atoms with E-state index in [1.54, 1.807) is 29.6 Å². The smallest absolute Gasteiger partial charge is 0.338 e. The minimum Gasteiger partial charge on any atom is -0.452 e. The van der Waals surface area contributed by atoms with Crippen molar-refractivity contribution in [3.05, 3.63) is 95.1 Å². The number of nitrogens with one attached hydrogen (secondary N) is 1. The number of amides is 1. The molecule has 1 N–H and O–H groups in total. The monoisotopic (exact) mass is 446 g/mol. The zero-order valence-corrected chi connectivity index (χ0v) is 18.0. The van der Waals surface area contributed by atoms with Crippen LogP contribution in [0.3, 0.4) is 0 Å². The Hall–Kier alpha value is -3.84. The van der Waals surface area contributed by atoms with E-state index in [0.29, 0.717) is 16.4 Å². The first-order chi connectivity index (χ1) is 15.5. The first kappa shape index (κ1) is 21.4. The van der Waals surface area contributed by atoms with Crippen molar-refractivity contribution in [2.24, 2.45) is 0 Å². The van der Waals surface area contributed by atoms with Gasteiger partial charge in [0.05, 0.1) is 11.3 Å². The average molecular weight is 447 g/mol. The molecule has 0 bridgehead atoms. The Morgan fingerprint density at radius 1 is 0.906 bits per heavy atom. The van der Waals surface area contributed by atoms with E-state index in [2.05, 4.69) is 10.3 Å². The Bertz CT molecular complexity index is 1230. The maximum Gasteiger partial charge on any atom is 0.338 e. The summed E-state index contributed by atoms with van der Waals surface area (Å²) in [6.45, 7) is 1.60. The number of rotatable bonds is 6. The van der Waals surface area contributed by atoms with Crippen molar-refractivity contribution in [2.45, 2.75) is 6.92 Å². The highest BCUT2D eigenvalue weighted by Gasteiger charge is 2.13. The van der Waals surface area contributed by atoms with Crippen molar-refractivity contribution in [1.29, 1.82) is 0 Å². The van der Waals surface area contributed by atoms with Gasteiger partial charge in [0.25, 0.3) is 5.91 Å². The second-order valence-corrected chi connectivity index (χ2v) is 7.97. The van der Waals surface area contributed by atoms with Gasteiger partial charge in [-0.15, -0.1) is 11.3 Å². The molecule has 3 aromatic carbocycles. The van der Waals surface area contributed by atoms with E-state index in [-0.39, 0.29) is 5.82 Å². The Morgan fingerprint density at radius 2 is 1.50 bits per heavy atom. The van der Waals surface area contributed by atoms with Gasteiger partial charge in [0.2, 0.25) is 0 Å². The predicted molar refractivity (Wildman–Crippen MR) is 123 cm³/mol. The van der Waals surface area contributed by atoms with Gasteiger partial charge in [0, 0.05) is 10.9 Å². The number of anilines is 1. The highest BCUT2D eigenvalue weighted by atomic mass is 32.1. The maximum atomic E-state index is 13.0. The van der Waals surface area contributed by atoms with Crippen LogP contribution in [-0.4, -0.2) is 23.5 Å². The Labute approximate surface area is 188 Å². The molecule has 1 heterocycles. The third-order valence-electron chi connectivity index (χ3n) is 4.73. The van der Waals surface area contributed by atoms with Crippen LogP contribution in [0, 0.1) is 12.7 Å². The zero-order chi connectivity index (χ0) is 22.5. The van der Waals surface area contributed by atoms with E-state index in [9.17, 15) is 14.0 Å². The molecule has 1 amide bonds. The molecule has 4 aromatic rings. The van der Waals surface area contributed by atoms with Gasteiger partial charge in [-0.1, -0.05) is 42.0 Å². The summed E-state index contributed by atoms with van der Waals surface area (Å²) >= 11 is 1.23. The molecular formula is C25H19FN2O3S. The number of carbonyl (C=O) groups is 2. The molecule has 0 saturated carbocycles. The van der Waals surface area contributed by atoms with E-state index in [1.807, 2.05) is 43.3 Å². The molecule has 0 atom stereocenters. The fourth-order valence-corrected chi connectivity index (χ4v) is 3.73. The number of hydrogen-bond acceptors (Lipinski definition) is 5. The van der Waals surface area contributed by atoms with Crippen molar-refractivity contribution in [2.75, 3.05) is 11.9 Å². The van der Waals surface area contributed by atoms with E-state index in [0.717, 1.165) is 16.7 Å². The molecular weight excluding hydrogens is 427 g/mol. The third-order valence-corrected chi connectivity index (χ3v) is 5.49. The van der Waals surface area contributed by atoms with Gasteiger partial charge in [0.1, 0.15) is 5.82 Å². The molecule has 0 radical (unpaired) electrons. The molecule has 4 rings (SSSR count). The molecule has 0 aliphatic heterocycles. The van der Waals surface area contributed by atoms with Gasteiger partial charge >= 0.3 is 5.97 Å². The molecule has 0 fully saturated rings. The summed E-state index contributed by atoms with van der Waals surface area (Å²) < 4.78 is 18.2. The summed E-state index contributed by atoms with van der Waals surface area (Å²) in [4.78, 5) is 28.7. The second-order valence-electron chi connectivity index (χ2n) is 7.11. The van der Waals surface area contributed by atoms with Gasteiger partial charge in [-0.3, -0.25) is 10.1 Å². The fourth-order valence-electron chi connectivity index (χ4n) is 3.00. The number of benzene rings is 3. The van der Waals surface area contributed by atoms with E-state index in [4.69, 9.17) is 4.74 Å². The van der Waals surface area contributed by atoms with Crippen LogP contribution in [0.25, 0.3) is 22.4 Å². The molecule has 0 spiro atoms. The van der Waals surface area contributed by atoms with Gasteiger partial charge in [-0.2, -0.15) is 0 Å². The lowest BCUT2D eigenvalue weighted by Gasteiger charge is -2.06. The summed E-state index contributed by atoms with van der Waals surface area (Å²) in [6, 6.07) is 21.0. The first-order valence-electron chi connectivity index (χ1n) is 9.83. The summed E-state index contributed by atoms with van der Waals surface area (Å²) in [5.74, 6) is -1.40. The number of carbonyl (C=O) groups excluding carboxylic acids is 2. The lowest BCUT2D eigenvalue weighted by molar-refractivity contribution is -0.119. The lowest BCUT2D eigenvalue weighted by atomic mass is 10.0. The summed E-state index contributed by atoms with van der Waals surface area (Å²) in [5.41, 5.74) is 4.94. The van der Waals surface area contributed by atoms with E-state index < -0.39 is 18.5 Å². The largest absolute Gasteiger partial charge is 0.452 e. The standard InChI is InChI=1S/C25H19FN2O3S/c1-16-2-4-17(5-3-16)18-6-8-20(9-7-18)24(30)31-14-23(29)28-25-27-22(15-32-25)19-10-12-21(26)13-11-19/h2-13,15H,14H2,1H3,(H,27,28,29). The molecule has 160 valence electrons. The maximum absolute atomic E-state index is 13.0. The van der Waals surface area contributed by atoms with Crippen LogP contribution in [0.4, 0.5) is 9.52 Å². The van der Waals surface area contributed by atoms with Gasteiger partial charge < -0.3 is 4.74 Å². The number of aromatic nitrogens is 1. The van der Waals surface area contributed by atoms with Gasteiger partial charge in [0.15, 0.2) is 11.7 Å².